The fourth-order valence-corrected chi connectivity index (χ4v) is 8.14. The van der Waals surface area contributed by atoms with E-state index in [2.05, 4.69) is 6.58 Å². The van der Waals surface area contributed by atoms with E-state index in [1.807, 2.05) is 0 Å². The van der Waals surface area contributed by atoms with Gasteiger partial charge in [0, 0.05) is 6.08 Å². The van der Waals surface area contributed by atoms with E-state index in [9.17, 15) is 4.79 Å². The third-order valence-electron chi connectivity index (χ3n) is 1.12. The Morgan fingerprint density at radius 3 is 2.46 bits per heavy atom. The summed E-state index contributed by atoms with van der Waals surface area (Å²) in [6.07, 6.45) is 1.08. The SMILES string of the molecule is C=CC(=O)O[SiH]1O[SiH2]O[SiH2]O[SiH2]O1. The monoisotopic (exact) mass is 254 g/mol. The quantitative estimate of drug-likeness (QED) is 0.377. The molecule has 1 aliphatic heterocycles. The maximum atomic E-state index is 10.8. The van der Waals surface area contributed by atoms with Crippen LogP contribution in [0.5, 0.6) is 0 Å². The second-order valence-corrected chi connectivity index (χ2v) is 9.48. The van der Waals surface area contributed by atoms with E-state index in [-0.39, 0.29) is 0 Å². The Kier molecular flexibility index (Phi) is 5.40. The van der Waals surface area contributed by atoms with Crippen LogP contribution in [0, 0.1) is 0 Å². The van der Waals surface area contributed by atoms with Gasteiger partial charge in [0.2, 0.25) is 0 Å². The molecule has 13 heavy (non-hydrogen) atoms. The maximum absolute atomic E-state index is 10.8. The molecule has 0 saturated carbocycles. The lowest BCUT2D eigenvalue weighted by Gasteiger charge is -2.18. The van der Waals surface area contributed by atoms with Crippen molar-refractivity contribution >= 4 is 45.5 Å². The Hall–Kier alpha value is -0.0825. The molecule has 0 N–H and O–H groups in total. The molecule has 0 aromatic carbocycles. The number of rotatable bonds is 2. The highest BCUT2D eigenvalue weighted by molar-refractivity contribution is 6.57. The van der Waals surface area contributed by atoms with Gasteiger partial charge >= 0.3 is 15.5 Å². The Morgan fingerprint density at radius 1 is 1.31 bits per heavy atom. The molecule has 0 atom stereocenters. The highest BCUT2D eigenvalue weighted by Gasteiger charge is 2.20. The second-order valence-electron chi connectivity index (χ2n) is 2.02. The van der Waals surface area contributed by atoms with E-state index < -0.39 is 45.5 Å². The molecular weight excluding hydrogens is 244 g/mol. The number of hydrogen-bond acceptors (Lipinski definition) is 6. The molecule has 0 aromatic heterocycles. The van der Waals surface area contributed by atoms with Crippen LogP contribution in [-0.4, -0.2) is 45.5 Å². The van der Waals surface area contributed by atoms with Gasteiger partial charge < -0.3 is 20.9 Å². The van der Waals surface area contributed by atoms with Crippen LogP contribution in [0.1, 0.15) is 0 Å². The Bertz CT molecular complexity index is 179. The maximum Gasteiger partial charge on any atom is 0.533 e. The second kappa shape index (κ2) is 6.38. The Morgan fingerprint density at radius 2 is 1.92 bits per heavy atom. The van der Waals surface area contributed by atoms with Gasteiger partial charge in [-0.1, -0.05) is 6.58 Å². The Labute approximate surface area is 84.3 Å². The van der Waals surface area contributed by atoms with Crippen molar-refractivity contribution in [2.75, 3.05) is 0 Å². The lowest BCUT2D eigenvalue weighted by molar-refractivity contribution is -0.131. The first-order chi connectivity index (χ1) is 6.33. The molecule has 1 heterocycles. The predicted octanol–water partition coefficient (Wildman–Crippen LogP) is -3.49. The topological polar surface area (TPSA) is 63.2 Å². The van der Waals surface area contributed by atoms with Crippen molar-refractivity contribution < 1.29 is 25.7 Å². The van der Waals surface area contributed by atoms with Gasteiger partial charge in [0.25, 0.3) is 30.0 Å². The summed E-state index contributed by atoms with van der Waals surface area (Å²) < 4.78 is 25.5. The molecule has 1 rings (SSSR count). The summed E-state index contributed by atoms with van der Waals surface area (Å²) in [4.78, 5) is 10.8. The lowest BCUT2D eigenvalue weighted by atomic mass is 10.7. The zero-order valence-corrected chi connectivity index (χ0v) is 12.3. The van der Waals surface area contributed by atoms with E-state index in [0.29, 0.717) is 0 Å². The molecule has 1 aliphatic rings. The predicted molar refractivity (Wildman–Crippen MR) is 53.4 cm³/mol. The van der Waals surface area contributed by atoms with Gasteiger partial charge in [0.15, 0.2) is 0 Å². The van der Waals surface area contributed by atoms with Crippen LogP contribution >= 0.6 is 0 Å². The van der Waals surface area contributed by atoms with Crippen molar-refractivity contribution in [2.24, 2.45) is 0 Å². The normalized spacial score (nSPS) is 29.7. The zero-order chi connectivity index (χ0) is 9.52. The smallest absolute Gasteiger partial charge is 0.473 e. The van der Waals surface area contributed by atoms with E-state index in [1.165, 1.54) is 0 Å². The fourth-order valence-electron chi connectivity index (χ4n) is 0.593. The zero-order valence-electron chi connectivity index (χ0n) is 6.93. The summed E-state index contributed by atoms with van der Waals surface area (Å²) in [5.41, 5.74) is 0. The van der Waals surface area contributed by atoms with Crippen LogP contribution in [0.25, 0.3) is 0 Å². The van der Waals surface area contributed by atoms with E-state index in [4.69, 9.17) is 20.9 Å². The summed E-state index contributed by atoms with van der Waals surface area (Å²) in [5.74, 6) is -0.516. The largest absolute Gasteiger partial charge is 0.533 e. The molecule has 10 heteroatoms. The molecule has 6 nitrogen and oxygen atoms in total. The summed E-state index contributed by atoms with van der Waals surface area (Å²) in [6.45, 7) is 3.27. The highest BCUT2D eigenvalue weighted by Crippen LogP contribution is 1.95. The number of carbonyl (C=O) groups is 1. The van der Waals surface area contributed by atoms with Crippen molar-refractivity contribution in [2.45, 2.75) is 0 Å². The molecule has 74 valence electrons. The van der Waals surface area contributed by atoms with Crippen LogP contribution in [-0.2, 0) is 25.7 Å². The number of carbonyl (C=O) groups excluding carboxylic acids is 1. The standard InChI is InChI=1S/C3H10O6Si4/c1-2-3(4)5-13-8-11-6-10-7-12-9-13/h2,13H,1,10-12H2. The summed E-state index contributed by atoms with van der Waals surface area (Å²) in [5, 5.41) is 0. The first-order valence-corrected chi connectivity index (χ1v) is 8.42. The van der Waals surface area contributed by atoms with Crippen LogP contribution in [0.15, 0.2) is 12.7 Å². The molecule has 0 aromatic rings. The van der Waals surface area contributed by atoms with Gasteiger partial charge in [-0.05, 0) is 0 Å². The third kappa shape index (κ3) is 4.63. The van der Waals surface area contributed by atoms with Crippen molar-refractivity contribution in [1.29, 1.82) is 0 Å². The van der Waals surface area contributed by atoms with Crippen LogP contribution in [0.3, 0.4) is 0 Å². The van der Waals surface area contributed by atoms with Gasteiger partial charge in [-0.3, -0.25) is 0 Å². The summed E-state index contributed by atoms with van der Waals surface area (Å²) in [6, 6.07) is 0. The molecule has 0 spiro atoms. The minimum absolute atomic E-state index is 0.516. The van der Waals surface area contributed by atoms with Crippen molar-refractivity contribution in [3.05, 3.63) is 12.7 Å². The van der Waals surface area contributed by atoms with E-state index in [0.717, 1.165) is 6.08 Å². The first-order valence-electron chi connectivity index (χ1n) is 3.54. The minimum atomic E-state index is -2.30. The molecule has 0 radical (unpaired) electrons. The molecule has 0 amide bonds. The van der Waals surface area contributed by atoms with Crippen molar-refractivity contribution in [3.63, 3.8) is 0 Å². The lowest BCUT2D eigenvalue weighted by Crippen LogP contribution is -2.36. The fraction of sp³-hybridized carbons (Fsp3) is 0. The van der Waals surface area contributed by atoms with Crippen LogP contribution in [0.2, 0.25) is 0 Å². The van der Waals surface area contributed by atoms with Crippen LogP contribution < -0.4 is 0 Å². The molecule has 0 unspecified atom stereocenters. The molecular formula is C3H10O6Si4. The van der Waals surface area contributed by atoms with Gasteiger partial charge in [-0.25, -0.2) is 4.79 Å². The van der Waals surface area contributed by atoms with Crippen molar-refractivity contribution in [3.8, 4) is 0 Å². The first kappa shape index (κ1) is 11.0. The summed E-state index contributed by atoms with van der Waals surface area (Å²) >= 11 is 0. The van der Waals surface area contributed by atoms with E-state index >= 15 is 0 Å². The van der Waals surface area contributed by atoms with Gasteiger partial charge in [0.1, 0.15) is 0 Å². The highest BCUT2D eigenvalue weighted by atomic mass is 28.4. The average molecular weight is 254 g/mol. The van der Waals surface area contributed by atoms with E-state index in [1.54, 1.807) is 0 Å². The van der Waals surface area contributed by atoms with Gasteiger partial charge in [-0.15, -0.1) is 0 Å². The van der Waals surface area contributed by atoms with Gasteiger partial charge in [-0.2, -0.15) is 0 Å². The summed E-state index contributed by atoms with van der Waals surface area (Å²) in [7, 11) is -5.29. The number of hydrogen-bond donors (Lipinski definition) is 0. The molecule has 1 fully saturated rings. The molecule has 1 saturated heterocycles. The Balaban J connectivity index is 2.28. The van der Waals surface area contributed by atoms with Gasteiger partial charge in [0.05, 0.1) is 0 Å². The van der Waals surface area contributed by atoms with Crippen LogP contribution in [0.4, 0.5) is 0 Å². The molecule has 0 aliphatic carbocycles. The van der Waals surface area contributed by atoms with Crippen molar-refractivity contribution in [1.82, 2.24) is 0 Å². The average Bonchev–Trinajstić information content (AvgIpc) is 2.09. The third-order valence-corrected chi connectivity index (χ3v) is 7.48. The minimum Gasteiger partial charge on any atom is -0.473 e. The molecule has 0 bridgehead atoms.